The topological polar surface area (TPSA) is 66.9 Å². The van der Waals surface area contributed by atoms with Crippen LogP contribution in [-0.4, -0.2) is 21.9 Å². The molecular weight excluding hydrogens is 463 g/mol. The van der Waals surface area contributed by atoms with Crippen LogP contribution in [0.15, 0.2) is 72.9 Å². The van der Waals surface area contributed by atoms with Crippen LogP contribution in [0.2, 0.25) is 0 Å². The van der Waals surface area contributed by atoms with Gasteiger partial charge in [-0.05, 0) is 60.2 Å². The van der Waals surface area contributed by atoms with Crippen molar-refractivity contribution >= 4 is 22.6 Å². The number of carbonyl (C=O) groups is 1. The Morgan fingerprint density at radius 3 is 2.51 bits per heavy atom. The van der Waals surface area contributed by atoms with E-state index in [1.807, 2.05) is 36.4 Å². The van der Waals surface area contributed by atoms with Gasteiger partial charge in [-0.2, -0.15) is 0 Å². The molecule has 1 heterocycles. The standard InChI is InChI=1S/C31H33FN4O/c1-3-21(2)35-30-34-20-27(29(37)33-19-23-11-8-10-22-9-4-5-12-26(22)23)28(36-30)31(17-6-7-18-31)24-13-15-25(32)16-14-24/h4-5,8-16,20-21H,3,6-7,17-19H2,1-2H3,(H,33,37)(H,34,35,36). The molecule has 6 heteroatoms. The number of nitrogens with zero attached hydrogens (tertiary/aromatic N) is 2. The van der Waals surface area contributed by atoms with Crippen molar-refractivity contribution in [1.29, 1.82) is 0 Å². The molecule has 0 radical (unpaired) electrons. The quantitative estimate of drug-likeness (QED) is 0.283. The van der Waals surface area contributed by atoms with Gasteiger partial charge in [-0.15, -0.1) is 0 Å². The molecular formula is C31H33FN4O. The lowest BCUT2D eigenvalue weighted by Gasteiger charge is -2.31. The van der Waals surface area contributed by atoms with E-state index in [2.05, 4.69) is 47.7 Å². The number of fused-ring (bicyclic) bond motifs is 1. The molecule has 0 saturated heterocycles. The van der Waals surface area contributed by atoms with Crippen molar-refractivity contribution in [2.45, 2.75) is 64.0 Å². The molecule has 1 unspecified atom stereocenters. The minimum Gasteiger partial charge on any atom is -0.352 e. The van der Waals surface area contributed by atoms with Crippen LogP contribution in [0.5, 0.6) is 0 Å². The van der Waals surface area contributed by atoms with Gasteiger partial charge < -0.3 is 10.6 Å². The SMILES string of the molecule is CCC(C)Nc1ncc(C(=O)NCc2cccc3ccccc23)c(C2(c3ccc(F)cc3)CCCC2)n1. The maximum Gasteiger partial charge on any atom is 0.255 e. The van der Waals surface area contributed by atoms with Crippen LogP contribution in [0, 0.1) is 5.82 Å². The minimum absolute atomic E-state index is 0.198. The summed E-state index contributed by atoms with van der Waals surface area (Å²) < 4.78 is 13.8. The van der Waals surface area contributed by atoms with Gasteiger partial charge in [0, 0.05) is 24.2 Å². The molecule has 4 aromatic rings. The number of benzene rings is 3. The normalized spacial score (nSPS) is 15.4. The number of rotatable bonds is 8. The van der Waals surface area contributed by atoms with Gasteiger partial charge in [-0.1, -0.05) is 74.4 Å². The highest BCUT2D eigenvalue weighted by Crippen LogP contribution is 2.47. The zero-order valence-corrected chi connectivity index (χ0v) is 21.4. The summed E-state index contributed by atoms with van der Waals surface area (Å²) in [5, 5.41) is 8.74. The van der Waals surface area contributed by atoms with Crippen molar-refractivity contribution in [3.8, 4) is 0 Å². The lowest BCUT2D eigenvalue weighted by atomic mass is 9.74. The molecule has 5 rings (SSSR count). The zero-order valence-electron chi connectivity index (χ0n) is 21.4. The first kappa shape index (κ1) is 24.9. The Morgan fingerprint density at radius 1 is 1.03 bits per heavy atom. The number of hydrogen-bond donors (Lipinski definition) is 2. The van der Waals surface area contributed by atoms with Crippen molar-refractivity contribution in [3.05, 3.63) is 101 Å². The molecule has 1 aromatic heterocycles. The second-order valence-electron chi connectivity index (χ2n) is 10.0. The van der Waals surface area contributed by atoms with Gasteiger partial charge in [0.15, 0.2) is 0 Å². The fourth-order valence-corrected chi connectivity index (χ4v) is 5.43. The number of aromatic nitrogens is 2. The molecule has 1 saturated carbocycles. The van der Waals surface area contributed by atoms with Gasteiger partial charge in [0.1, 0.15) is 5.82 Å². The van der Waals surface area contributed by atoms with Crippen LogP contribution in [0.3, 0.4) is 0 Å². The van der Waals surface area contributed by atoms with E-state index in [0.29, 0.717) is 23.8 Å². The average Bonchev–Trinajstić information content (AvgIpc) is 3.43. The summed E-state index contributed by atoms with van der Waals surface area (Å²) in [5.41, 5.74) is 2.77. The van der Waals surface area contributed by atoms with E-state index in [4.69, 9.17) is 4.98 Å². The van der Waals surface area contributed by atoms with Gasteiger partial charge in [0.05, 0.1) is 11.3 Å². The second kappa shape index (κ2) is 10.7. The van der Waals surface area contributed by atoms with Crippen molar-refractivity contribution in [3.63, 3.8) is 0 Å². The molecule has 1 atom stereocenters. The number of hydrogen-bond acceptors (Lipinski definition) is 4. The molecule has 1 aliphatic rings. The Balaban J connectivity index is 1.53. The number of amides is 1. The first-order valence-electron chi connectivity index (χ1n) is 13.1. The van der Waals surface area contributed by atoms with E-state index < -0.39 is 5.41 Å². The summed E-state index contributed by atoms with van der Waals surface area (Å²) in [6.45, 7) is 4.58. The largest absolute Gasteiger partial charge is 0.352 e. The molecule has 1 amide bonds. The summed E-state index contributed by atoms with van der Waals surface area (Å²) in [6, 6.07) is 21.1. The van der Waals surface area contributed by atoms with Crippen LogP contribution in [0.25, 0.3) is 10.8 Å². The summed E-state index contributed by atoms with van der Waals surface area (Å²) in [5.74, 6) is 0.0431. The van der Waals surface area contributed by atoms with Crippen molar-refractivity contribution in [2.75, 3.05) is 5.32 Å². The van der Waals surface area contributed by atoms with Crippen LogP contribution < -0.4 is 10.6 Å². The minimum atomic E-state index is -0.464. The van der Waals surface area contributed by atoms with Crippen molar-refractivity contribution < 1.29 is 9.18 Å². The summed E-state index contributed by atoms with van der Waals surface area (Å²) in [7, 11) is 0. The maximum absolute atomic E-state index is 13.8. The Kier molecular flexibility index (Phi) is 7.17. The van der Waals surface area contributed by atoms with E-state index in [-0.39, 0.29) is 17.8 Å². The Morgan fingerprint density at radius 2 is 1.76 bits per heavy atom. The zero-order chi connectivity index (χ0) is 25.8. The fourth-order valence-electron chi connectivity index (χ4n) is 5.43. The average molecular weight is 497 g/mol. The van der Waals surface area contributed by atoms with Gasteiger partial charge in [-0.3, -0.25) is 4.79 Å². The molecule has 37 heavy (non-hydrogen) atoms. The lowest BCUT2D eigenvalue weighted by molar-refractivity contribution is 0.0948. The van der Waals surface area contributed by atoms with Crippen molar-refractivity contribution in [2.24, 2.45) is 0 Å². The van der Waals surface area contributed by atoms with Gasteiger partial charge in [-0.25, -0.2) is 14.4 Å². The highest BCUT2D eigenvalue weighted by molar-refractivity contribution is 5.96. The van der Waals surface area contributed by atoms with E-state index >= 15 is 0 Å². The Bertz CT molecular complexity index is 1390. The number of carbonyl (C=O) groups excluding carboxylic acids is 1. The predicted molar refractivity (Wildman–Crippen MR) is 146 cm³/mol. The van der Waals surface area contributed by atoms with Crippen LogP contribution in [0.4, 0.5) is 10.3 Å². The Labute approximate surface area is 217 Å². The van der Waals surface area contributed by atoms with E-state index in [1.165, 1.54) is 12.1 Å². The number of nitrogens with one attached hydrogen (secondary N) is 2. The van der Waals surface area contributed by atoms with Crippen LogP contribution in [0.1, 0.15) is 73.1 Å². The highest BCUT2D eigenvalue weighted by Gasteiger charge is 2.42. The monoisotopic (exact) mass is 496 g/mol. The second-order valence-corrected chi connectivity index (χ2v) is 10.0. The molecule has 0 spiro atoms. The van der Waals surface area contributed by atoms with Gasteiger partial charge >= 0.3 is 0 Å². The van der Waals surface area contributed by atoms with E-state index in [0.717, 1.165) is 54.0 Å². The first-order valence-corrected chi connectivity index (χ1v) is 13.1. The summed E-state index contributed by atoms with van der Waals surface area (Å²) in [6.07, 6.45) is 6.31. The summed E-state index contributed by atoms with van der Waals surface area (Å²) in [4.78, 5) is 23.2. The first-order chi connectivity index (χ1) is 18.0. The third kappa shape index (κ3) is 5.06. The number of anilines is 1. The molecule has 3 aromatic carbocycles. The van der Waals surface area contributed by atoms with Crippen LogP contribution in [-0.2, 0) is 12.0 Å². The summed E-state index contributed by atoms with van der Waals surface area (Å²) >= 11 is 0. The molecule has 190 valence electrons. The molecule has 2 N–H and O–H groups in total. The molecule has 1 aliphatic carbocycles. The van der Waals surface area contributed by atoms with Gasteiger partial charge in [0.25, 0.3) is 5.91 Å². The van der Waals surface area contributed by atoms with Gasteiger partial charge in [0.2, 0.25) is 5.95 Å². The third-order valence-electron chi connectivity index (χ3n) is 7.65. The fraction of sp³-hybridized carbons (Fsp3) is 0.323. The molecule has 0 aliphatic heterocycles. The predicted octanol–water partition coefficient (Wildman–Crippen LogP) is 6.77. The van der Waals surface area contributed by atoms with E-state index in [9.17, 15) is 9.18 Å². The highest BCUT2D eigenvalue weighted by atomic mass is 19.1. The van der Waals surface area contributed by atoms with E-state index in [1.54, 1.807) is 6.20 Å². The van der Waals surface area contributed by atoms with Crippen molar-refractivity contribution in [1.82, 2.24) is 15.3 Å². The Hall–Kier alpha value is -3.80. The molecule has 5 nitrogen and oxygen atoms in total. The maximum atomic E-state index is 13.8. The number of halogens is 1. The molecule has 0 bridgehead atoms. The smallest absolute Gasteiger partial charge is 0.255 e. The van der Waals surface area contributed by atoms with Crippen LogP contribution >= 0.6 is 0 Å². The lowest BCUT2D eigenvalue weighted by Crippen LogP contribution is -2.33. The molecule has 1 fully saturated rings. The third-order valence-corrected chi connectivity index (χ3v) is 7.65.